The van der Waals surface area contributed by atoms with E-state index >= 15 is 0 Å². The second kappa shape index (κ2) is 7.57. The number of pyridine rings is 1. The van der Waals surface area contributed by atoms with Gasteiger partial charge in [-0.1, -0.05) is 12.1 Å². The maximum absolute atomic E-state index is 12.4. The van der Waals surface area contributed by atoms with Crippen LogP contribution in [-0.2, 0) is 17.9 Å². The van der Waals surface area contributed by atoms with Crippen molar-refractivity contribution in [2.45, 2.75) is 19.5 Å². The van der Waals surface area contributed by atoms with Gasteiger partial charge in [0.2, 0.25) is 5.91 Å². The summed E-state index contributed by atoms with van der Waals surface area (Å²) in [5, 5.41) is 2.10. The van der Waals surface area contributed by atoms with E-state index in [2.05, 4.69) is 22.4 Å². The number of thiophene rings is 1. The third-order valence-corrected chi connectivity index (χ3v) is 4.97. The number of aromatic nitrogens is 1. The summed E-state index contributed by atoms with van der Waals surface area (Å²) in [5.41, 5.74) is -0.130. The van der Waals surface area contributed by atoms with Gasteiger partial charge >= 0.3 is 0 Å². The zero-order chi connectivity index (χ0) is 16.1. The normalized spacial score (nSPS) is 16.3. The van der Waals surface area contributed by atoms with Gasteiger partial charge in [-0.25, -0.2) is 0 Å². The minimum atomic E-state index is -0.130. The Morgan fingerprint density at radius 3 is 2.78 bits per heavy atom. The standard InChI is InChI=1S/C17H21N3O2S/c21-16-6-1-2-8-20(16)14-17(22)19-9-4-7-18(10-11-19)13-15-5-3-12-23-15/h1-3,5-6,8,12H,4,7,9-11,13-14H2. The Kier molecular flexibility index (Phi) is 5.25. The van der Waals surface area contributed by atoms with E-state index in [9.17, 15) is 9.59 Å². The molecule has 2 aromatic rings. The SMILES string of the molecule is O=C(Cn1ccccc1=O)N1CCCN(Cc2cccs2)CC1. The average Bonchev–Trinajstić information content (AvgIpc) is 2.94. The Balaban J connectivity index is 1.56. The van der Waals surface area contributed by atoms with Crippen LogP contribution in [0.3, 0.4) is 0 Å². The van der Waals surface area contributed by atoms with Crippen LogP contribution in [0.5, 0.6) is 0 Å². The van der Waals surface area contributed by atoms with Crippen LogP contribution in [0.25, 0.3) is 0 Å². The lowest BCUT2D eigenvalue weighted by Crippen LogP contribution is -2.38. The van der Waals surface area contributed by atoms with E-state index in [4.69, 9.17) is 0 Å². The molecule has 0 atom stereocenters. The second-order valence-corrected chi connectivity index (χ2v) is 6.79. The summed E-state index contributed by atoms with van der Waals surface area (Å²) in [7, 11) is 0. The van der Waals surface area contributed by atoms with E-state index in [1.807, 2.05) is 4.90 Å². The van der Waals surface area contributed by atoms with Crippen molar-refractivity contribution >= 4 is 17.2 Å². The molecular formula is C17H21N3O2S. The highest BCUT2D eigenvalue weighted by atomic mass is 32.1. The molecule has 3 rings (SSSR count). The van der Waals surface area contributed by atoms with E-state index in [-0.39, 0.29) is 18.0 Å². The largest absolute Gasteiger partial charge is 0.340 e. The van der Waals surface area contributed by atoms with Crippen molar-refractivity contribution in [2.24, 2.45) is 0 Å². The molecule has 1 saturated heterocycles. The molecule has 1 amide bonds. The Morgan fingerprint density at radius 2 is 2.00 bits per heavy atom. The summed E-state index contributed by atoms with van der Waals surface area (Å²) in [6.45, 7) is 4.47. The van der Waals surface area contributed by atoms with Crippen LogP contribution in [-0.4, -0.2) is 46.5 Å². The molecule has 0 aromatic carbocycles. The summed E-state index contributed by atoms with van der Waals surface area (Å²) in [4.78, 5) is 29.8. The third-order valence-electron chi connectivity index (χ3n) is 4.11. The van der Waals surface area contributed by atoms with E-state index in [1.165, 1.54) is 15.5 Å². The van der Waals surface area contributed by atoms with E-state index in [1.54, 1.807) is 29.7 Å². The monoisotopic (exact) mass is 331 g/mol. The van der Waals surface area contributed by atoms with Crippen LogP contribution < -0.4 is 5.56 Å². The van der Waals surface area contributed by atoms with Crippen LogP contribution in [0, 0.1) is 0 Å². The lowest BCUT2D eigenvalue weighted by Gasteiger charge is -2.22. The molecule has 0 N–H and O–H groups in total. The highest BCUT2D eigenvalue weighted by molar-refractivity contribution is 7.09. The topological polar surface area (TPSA) is 45.6 Å². The molecule has 5 nitrogen and oxygen atoms in total. The maximum atomic E-state index is 12.4. The number of hydrogen-bond donors (Lipinski definition) is 0. The Hall–Kier alpha value is -1.92. The maximum Gasteiger partial charge on any atom is 0.250 e. The molecule has 0 spiro atoms. The molecule has 1 aliphatic rings. The average molecular weight is 331 g/mol. The van der Waals surface area contributed by atoms with Gasteiger partial charge in [0.05, 0.1) is 0 Å². The minimum absolute atomic E-state index is 0.0243. The van der Waals surface area contributed by atoms with E-state index in [0.717, 1.165) is 39.1 Å². The number of amides is 1. The highest BCUT2D eigenvalue weighted by Gasteiger charge is 2.19. The third kappa shape index (κ3) is 4.30. The molecule has 1 fully saturated rings. The van der Waals surface area contributed by atoms with Crippen molar-refractivity contribution in [1.29, 1.82) is 0 Å². The van der Waals surface area contributed by atoms with Crippen LogP contribution >= 0.6 is 11.3 Å². The fourth-order valence-electron chi connectivity index (χ4n) is 2.84. The van der Waals surface area contributed by atoms with Gasteiger partial charge in [-0.2, -0.15) is 0 Å². The summed E-state index contributed by atoms with van der Waals surface area (Å²) in [5.74, 6) is 0.0243. The first-order valence-corrected chi connectivity index (χ1v) is 8.78. The Bertz CT molecular complexity index is 696. The van der Waals surface area contributed by atoms with Gasteiger partial charge in [0, 0.05) is 49.9 Å². The summed E-state index contributed by atoms with van der Waals surface area (Å²) in [6.07, 6.45) is 2.64. The van der Waals surface area contributed by atoms with Gasteiger partial charge in [0.1, 0.15) is 6.54 Å². The predicted molar refractivity (Wildman–Crippen MR) is 91.5 cm³/mol. The van der Waals surface area contributed by atoms with Gasteiger partial charge in [-0.05, 0) is 23.9 Å². The number of carbonyl (C=O) groups excluding carboxylic acids is 1. The summed E-state index contributed by atoms with van der Waals surface area (Å²) < 4.78 is 1.47. The van der Waals surface area contributed by atoms with Crippen molar-refractivity contribution in [2.75, 3.05) is 26.2 Å². The quantitative estimate of drug-likeness (QED) is 0.856. The predicted octanol–water partition coefficient (Wildman–Crippen LogP) is 1.64. The van der Waals surface area contributed by atoms with Crippen LogP contribution in [0.4, 0.5) is 0 Å². The van der Waals surface area contributed by atoms with E-state index in [0.29, 0.717) is 0 Å². The molecule has 0 unspecified atom stereocenters. The van der Waals surface area contributed by atoms with Crippen LogP contribution in [0.15, 0.2) is 46.7 Å². The molecule has 0 saturated carbocycles. The molecule has 0 bridgehead atoms. The summed E-state index contributed by atoms with van der Waals surface area (Å²) >= 11 is 1.77. The molecule has 122 valence electrons. The fraction of sp³-hybridized carbons (Fsp3) is 0.412. The Morgan fingerprint density at radius 1 is 1.09 bits per heavy atom. The smallest absolute Gasteiger partial charge is 0.250 e. The van der Waals surface area contributed by atoms with E-state index < -0.39 is 0 Å². The number of hydrogen-bond acceptors (Lipinski definition) is 4. The first-order valence-electron chi connectivity index (χ1n) is 7.90. The van der Waals surface area contributed by atoms with Gasteiger partial charge < -0.3 is 9.47 Å². The first-order chi connectivity index (χ1) is 11.2. The van der Waals surface area contributed by atoms with Crippen molar-refractivity contribution in [3.05, 3.63) is 57.1 Å². The van der Waals surface area contributed by atoms with Crippen molar-refractivity contribution < 1.29 is 4.79 Å². The minimum Gasteiger partial charge on any atom is -0.340 e. The van der Waals surface area contributed by atoms with Crippen molar-refractivity contribution in [3.8, 4) is 0 Å². The number of rotatable bonds is 4. The highest BCUT2D eigenvalue weighted by Crippen LogP contribution is 2.13. The molecule has 3 heterocycles. The lowest BCUT2D eigenvalue weighted by molar-refractivity contribution is -0.131. The van der Waals surface area contributed by atoms with Crippen molar-refractivity contribution in [1.82, 2.24) is 14.4 Å². The molecule has 0 radical (unpaired) electrons. The molecule has 1 aliphatic heterocycles. The first kappa shape index (κ1) is 16.0. The van der Waals surface area contributed by atoms with Crippen LogP contribution in [0.2, 0.25) is 0 Å². The van der Waals surface area contributed by atoms with Gasteiger partial charge in [-0.15, -0.1) is 11.3 Å². The number of nitrogens with zero attached hydrogens (tertiary/aromatic N) is 3. The molecule has 23 heavy (non-hydrogen) atoms. The molecule has 0 aliphatic carbocycles. The second-order valence-electron chi connectivity index (χ2n) is 5.76. The molecule has 6 heteroatoms. The van der Waals surface area contributed by atoms with Crippen LogP contribution in [0.1, 0.15) is 11.3 Å². The van der Waals surface area contributed by atoms with Gasteiger partial charge in [0.15, 0.2) is 0 Å². The zero-order valence-electron chi connectivity index (χ0n) is 13.1. The zero-order valence-corrected chi connectivity index (χ0v) is 13.9. The summed E-state index contributed by atoms with van der Waals surface area (Å²) in [6, 6.07) is 9.18. The molecule has 2 aromatic heterocycles. The fourth-order valence-corrected chi connectivity index (χ4v) is 3.58. The van der Waals surface area contributed by atoms with Gasteiger partial charge in [-0.3, -0.25) is 14.5 Å². The van der Waals surface area contributed by atoms with Crippen molar-refractivity contribution in [3.63, 3.8) is 0 Å². The van der Waals surface area contributed by atoms with Gasteiger partial charge in [0.25, 0.3) is 5.56 Å². The molecular weight excluding hydrogens is 310 g/mol. The lowest BCUT2D eigenvalue weighted by atomic mass is 10.3. The number of carbonyl (C=O) groups is 1. The Labute approximate surface area is 139 Å².